The molecule has 2 aromatic carbocycles. The average Bonchev–Trinajstić information content (AvgIpc) is 2.50. The van der Waals surface area contributed by atoms with Gasteiger partial charge in [-0.1, -0.05) is 18.2 Å². The van der Waals surface area contributed by atoms with Crippen molar-refractivity contribution in [1.82, 2.24) is 0 Å². The number of methoxy groups -OCH3 is 1. The van der Waals surface area contributed by atoms with Gasteiger partial charge in [-0.25, -0.2) is 0 Å². The zero-order chi connectivity index (χ0) is 15.1. The van der Waals surface area contributed by atoms with Crippen LogP contribution in [0.5, 0.6) is 17.2 Å². The molecule has 6 heteroatoms. The van der Waals surface area contributed by atoms with E-state index >= 15 is 0 Å². The van der Waals surface area contributed by atoms with Gasteiger partial charge >= 0.3 is 0 Å². The molecule has 0 saturated heterocycles. The molecule has 0 fully saturated rings. The van der Waals surface area contributed by atoms with Crippen molar-refractivity contribution in [2.24, 2.45) is 0 Å². The third-order valence-corrected chi connectivity index (χ3v) is 2.65. The number of benzene rings is 2. The number of hydrogen-bond acceptors (Lipinski definition) is 5. The van der Waals surface area contributed by atoms with Crippen molar-refractivity contribution in [2.75, 3.05) is 20.3 Å². The van der Waals surface area contributed by atoms with Crippen LogP contribution in [0.4, 0.5) is 5.69 Å². The van der Waals surface area contributed by atoms with Crippen molar-refractivity contribution < 1.29 is 19.1 Å². The Morgan fingerprint density at radius 3 is 2.48 bits per heavy atom. The van der Waals surface area contributed by atoms with Crippen LogP contribution in [0.1, 0.15) is 0 Å². The highest BCUT2D eigenvalue weighted by atomic mass is 16.6. The van der Waals surface area contributed by atoms with E-state index in [0.717, 1.165) is 0 Å². The normalized spacial score (nSPS) is 10.1. The number of non-ortho nitro benzene ring substituents is 1. The lowest BCUT2D eigenvalue weighted by Crippen LogP contribution is -2.05. The van der Waals surface area contributed by atoms with Gasteiger partial charge in [-0.3, -0.25) is 10.1 Å². The van der Waals surface area contributed by atoms with E-state index in [0.29, 0.717) is 23.9 Å². The number of para-hydroxylation sites is 1. The molecule has 0 amide bonds. The summed E-state index contributed by atoms with van der Waals surface area (Å²) in [5, 5.41) is 10.8. The Labute approximate surface area is 122 Å². The van der Waals surface area contributed by atoms with Crippen LogP contribution in [0.2, 0.25) is 0 Å². The molecule has 0 aliphatic carbocycles. The predicted molar refractivity (Wildman–Crippen MR) is 77.0 cm³/mol. The lowest BCUT2D eigenvalue weighted by atomic mass is 10.2. The van der Waals surface area contributed by atoms with Crippen LogP contribution < -0.4 is 9.47 Å². The molecule has 0 unspecified atom stereocenters. The van der Waals surface area contributed by atoms with Crippen LogP contribution in [0, 0.1) is 10.1 Å². The Morgan fingerprint density at radius 2 is 1.81 bits per heavy atom. The molecule has 0 aromatic heterocycles. The third kappa shape index (κ3) is 4.19. The number of nitrogens with zero attached hydrogens (tertiary/aromatic N) is 1. The van der Waals surface area contributed by atoms with Crippen molar-refractivity contribution >= 4 is 5.69 Å². The van der Waals surface area contributed by atoms with Crippen LogP contribution in [-0.2, 0) is 4.74 Å². The van der Waals surface area contributed by atoms with Gasteiger partial charge in [-0.15, -0.1) is 0 Å². The Hall–Kier alpha value is -2.60. The fraction of sp³-hybridized carbons (Fsp3) is 0.200. The minimum Gasteiger partial charge on any atom is -0.487 e. The Kier molecular flexibility index (Phi) is 5.11. The third-order valence-electron chi connectivity index (χ3n) is 2.65. The first-order valence-electron chi connectivity index (χ1n) is 6.34. The Balaban J connectivity index is 2.23. The number of nitro benzene ring substituents is 1. The van der Waals surface area contributed by atoms with Crippen molar-refractivity contribution in [3.8, 4) is 17.2 Å². The summed E-state index contributed by atoms with van der Waals surface area (Å²) < 4.78 is 16.1. The number of hydrogen-bond donors (Lipinski definition) is 0. The molecule has 6 nitrogen and oxygen atoms in total. The number of nitro groups is 1. The molecule has 0 bridgehead atoms. The van der Waals surface area contributed by atoms with Gasteiger partial charge in [0.05, 0.1) is 17.6 Å². The quantitative estimate of drug-likeness (QED) is 0.444. The summed E-state index contributed by atoms with van der Waals surface area (Å²) in [5.41, 5.74) is -0.0529. The maximum atomic E-state index is 10.8. The van der Waals surface area contributed by atoms with Crippen LogP contribution >= 0.6 is 0 Å². The Bertz CT molecular complexity index is 600. The molecular formula is C15H15NO5. The standard InChI is InChI=1S/C15H15NO5/c1-19-9-10-20-15-11-12(16(17)18)7-8-14(15)21-13-5-3-2-4-6-13/h2-8,11H,9-10H2,1H3. The second-order valence-corrected chi connectivity index (χ2v) is 4.14. The summed E-state index contributed by atoms with van der Waals surface area (Å²) >= 11 is 0. The maximum Gasteiger partial charge on any atom is 0.273 e. The van der Waals surface area contributed by atoms with Gasteiger partial charge in [0, 0.05) is 13.2 Å². The van der Waals surface area contributed by atoms with Crippen molar-refractivity contribution in [2.45, 2.75) is 0 Å². The summed E-state index contributed by atoms with van der Waals surface area (Å²) in [6.07, 6.45) is 0. The molecule has 2 rings (SSSR count). The topological polar surface area (TPSA) is 70.8 Å². The van der Waals surface area contributed by atoms with E-state index in [9.17, 15) is 10.1 Å². The molecule has 2 aromatic rings. The molecule has 0 saturated carbocycles. The zero-order valence-corrected chi connectivity index (χ0v) is 11.5. The minimum absolute atomic E-state index is 0.0529. The van der Waals surface area contributed by atoms with E-state index in [-0.39, 0.29) is 12.3 Å². The summed E-state index contributed by atoms with van der Waals surface area (Å²) in [6.45, 7) is 0.663. The lowest BCUT2D eigenvalue weighted by Gasteiger charge is -2.12. The van der Waals surface area contributed by atoms with Crippen molar-refractivity contribution in [3.05, 3.63) is 58.6 Å². The maximum absolute atomic E-state index is 10.8. The monoisotopic (exact) mass is 289 g/mol. The van der Waals surface area contributed by atoms with Gasteiger partial charge in [0.1, 0.15) is 12.4 Å². The van der Waals surface area contributed by atoms with Gasteiger partial charge in [0.25, 0.3) is 5.69 Å². The van der Waals surface area contributed by atoms with E-state index in [4.69, 9.17) is 14.2 Å². The van der Waals surface area contributed by atoms with Crippen molar-refractivity contribution in [3.63, 3.8) is 0 Å². The molecular weight excluding hydrogens is 274 g/mol. The van der Waals surface area contributed by atoms with Crippen LogP contribution in [0.25, 0.3) is 0 Å². The fourth-order valence-electron chi connectivity index (χ4n) is 1.66. The zero-order valence-electron chi connectivity index (χ0n) is 11.5. The van der Waals surface area contributed by atoms with Gasteiger partial charge < -0.3 is 14.2 Å². The van der Waals surface area contributed by atoms with Crippen molar-refractivity contribution in [1.29, 1.82) is 0 Å². The second kappa shape index (κ2) is 7.25. The smallest absolute Gasteiger partial charge is 0.273 e. The molecule has 0 radical (unpaired) electrons. The first-order valence-corrected chi connectivity index (χ1v) is 6.34. The van der Waals surface area contributed by atoms with Gasteiger partial charge in [0.2, 0.25) is 0 Å². The molecule has 110 valence electrons. The first kappa shape index (κ1) is 14.8. The van der Waals surface area contributed by atoms with E-state index in [2.05, 4.69) is 0 Å². The largest absolute Gasteiger partial charge is 0.487 e. The second-order valence-electron chi connectivity index (χ2n) is 4.14. The van der Waals surface area contributed by atoms with Crippen LogP contribution in [-0.4, -0.2) is 25.2 Å². The lowest BCUT2D eigenvalue weighted by molar-refractivity contribution is -0.385. The first-order chi connectivity index (χ1) is 10.2. The molecule has 0 aliphatic rings. The molecule has 0 heterocycles. The van der Waals surface area contributed by atoms with E-state index < -0.39 is 4.92 Å². The van der Waals surface area contributed by atoms with Gasteiger partial charge in [-0.2, -0.15) is 0 Å². The van der Waals surface area contributed by atoms with Gasteiger partial charge in [-0.05, 0) is 18.2 Å². The number of rotatable bonds is 7. The molecule has 0 N–H and O–H groups in total. The molecule has 0 atom stereocenters. The highest BCUT2D eigenvalue weighted by Gasteiger charge is 2.13. The molecule has 0 spiro atoms. The molecule has 21 heavy (non-hydrogen) atoms. The predicted octanol–water partition coefficient (Wildman–Crippen LogP) is 3.41. The highest BCUT2D eigenvalue weighted by Crippen LogP contribution is 2.34. The average molecular weight is 289 g/mol. The van der Waals surface area contributed by atoms with E-state index in [1.165, 1.54) is 18.2 Å². The SMILES string of the molecule is COCCOc1cc([N+](=O)[O-])ccc1Oc1ccccc1. The van der Waals surface area contributed by atoms with Crippen LogP contribution in [0.15, 0.2) is 48.5 Å². The summed E-state index contributed by atoms with van der Waals surface area (Å²) in [4.78, 5) is 10.4. The summed E-state index contributed by atoms with van der Waals surface area (Å²) in [7, 11) is 1.55. The van der Waals surface area contributed by atoms with Gasteiger partial charge in [0.15, 0.2) is 11.5 Å². The highest BCUT2D eigenvalue weighted by molar-refractivity contribution is 5.50. The Morgan fingerprint density at radius 1 is 1.05 bits per heavy atom. The minimum atomic E-state index is -0.477. The van der Waals surface area contributed by atoms with E-state index in [1.54, 1.807) is 19.2 Å². The van der Waals surface area contributed by atoms with E-state index in [1.807, 2.05) is 18.2 Å². The molecule has 0 aliphatic heterocycles. The van der Waals surface area contributed by atoms with Crippen LogP contribution in [0.3, 0.4) is 0 Å². The fourth-order valence-corrected chi connectivity index (χ4v) is 1.66. The number of ether oxygens (including phenoxy) is 3. The summed E-state index contributed by atoms with van der Waals surface area (Å²) in [5.74, 6) is 1.36. The summed E-state index contributed by atoms with van der Waals surface area (Å²) in [6, 6.07) is 13.4.